The lowest BCUT2D eigenvalue weighted by molar-refractivity contribution is -0.136. The molecule has 0 unspecified atom stereocenters. The summed E-state index contributed by atoms with van der Waals surface area (Å²) in [7, 11) is 1.70. The smallest absolute Gasteiger partial charge is 0.395 e. The van der Waals surface area contributed by atoms with Gasteiger partial charge in [-0.1, -0.05) is 18.2 Å². The van der Waals surface area contributed by atoms with Crippen molar-refractivity contribution in [2.75, 3.05) is 17.7 Å². The molecule has 0 saturated carbocycles. The van der Waals surface area contributed by atoms with Crippen molar-refractivity contribution in [1.82, 2.24) is 4.98 Å². The Balaban J connectivity index is 2.06. The number of fused-ring (bicyclic) bond motifs is 1. The van der Waals surface area contributed by atoms with E-state index in [-0.39, 0.29) is 22.4 Å². The minimum atomic E-state index is -4.67. The molecule has 0 amide bonds. The number of H-pyrrole nitrogens is 1. The second kappa shape index (κ2) is 6.36. The minimum Gasteiger partial charge on any atom is -0.395 e. The van der Waals surface area contributed by atoms with E-state index in [2.05, 4.69) is 4.98 Å². The summed E-state index contributed by atoms with van der Waals surface area (Å²) in [5.74, 6) is -0.362. The Morgan fingerprint density at radius 2 is 1.77 bits per heavy atom. The third-order valence-electron chi connectivity index (χ3n) is 4.09. The Hall–Kier alpha value is -3.03. The van der Waals surface area contributed by atoms with Gasteiger partial charge in [0.05, 0.1) is 22.5 Å². The molecule has 0 atom stereocenters. The van der Waals surface area contributed by atoms with Crippen molar-refractivity contribution in [3.05, 3.63) is 69.8 Å². The first-order chi connectivity index (χ1) is 12.2. The first kappa shape index (κ1) is 17.8. The highest BCUT2D eigenvalue weighted by Crippen LogP contribution is 2.37. The van der Waals surface area contributed by atoms with Gasteiger partial charge in [-0.2, -0.15) is 13.2 Å². The number of halogens is 4. The first-order valence-electron chi connectivity index (χ1n) is 7.65. The summed E-state index contributed by atoms with van der Waals surface area (Å²) in [5.41, 5.74) is 5.36. The maximum absolute atomic E-state index is 13.2. The number of nitrogens with zero attached hydrogens (tertiary/aromatic N) is 1. The van der Waals surface area contributed by atoms with Gasteiger partial charge in [-0.15, -0.1) is 0 Å². The molecule has 2 aromatic carbocycles. The number of nitrogen functional groups attached to an aromatic ring is 1. The number of alkyl halides is 3. The Morgan fingerprint density at radius 1 is 1.12 bits per heavy atom. The van der Waals surface area contributed by atoms with Crippen LogP contribution in [-0.2, 0) is 12.7 Å². The van der Waals surface area contributed by atoms with E-state index in [1.54, 1.807) is 24.1 Å². The molecule has 0 fully saturated rings. The monoisotopic (exact) mass is 365 g/mol. The summed E-state index contributed by atoms with van der Waals surface area (Å²) in [6.45, 7) is 0.360. The number of nitrogens with one attached hydrogen (secondary N) is 1. The molecule has 26 heavy (non-hydrogen) atoms. The highest BCUT2D eigenvalue weighted by molar-refractivity contribution is 5.98. The topological polar surface area (TPSA) is 62.1 Å². The van der Waals surface area contributed by atoms with Crippen LogP contribution in [0.3, 0.4) is 0 Å². The summed E-state index contributed by atoms with van der Waals surface area (Å²) in [5, 5.41) is -0.173. The zero-order valence-electron chi connectivity index (χ0n) is 13.7. The van der Waals surface area contributed by atoms with Crippen LogP contribution >= 0.6 is 0 Å². The maximum atomic E-state index is 13.2. The van der Waals surface area contributed by atoms with Crippen molar-refractivity contribution in [3.63, 3.8) is 0 Å². The lowest BCUT2D eigenvalue weighted by Crippen LogP contribution is -2.19. The fraction of sp³-hybridized carbons (Fsp3) is 0.167. The van der Waals surface area contributed by atoms with Crippen LogP contribution in [0, 0.1) is 5.82 Å². The number of aromatic nitrogens is 1. The van der Waals surface area contributed by atoms with Crippen molar-refractivity contribution in [2.45, 2.75) is 12.7 Å². The molecule has 1 heterocycles. The van der Waals surface area contributed by atoms with E-state index in [0.717, 1.165) is 5.56 Å². The molecule has 0 spiro atoms. The summed E-state index contributed by atoms with van der Waals surface area (Å²) in [4.78, 5) is 15.7. The summed E-state index contributed by atoms with van der Waals surface area (Å²) >= 11 is 0. The van der Waals surface area contributed by atoms with Crippen LogP contribution in [0.1, 0.15) is 11.1 Å². The molecule has 0 aliphatic carbocycles. The highest BCUT2D eigenvalue weighted by Gasteiger charge is 2.33. The number of pyridine rings is 1. The van der Waals surface area contributed by atoms with Crippen molar-refractivity contribution < 1.29 is 17.6 Å². The van der Waals surface area contributed by atoms with Gasteiger partial charge in [0.25, 0.3) is 0 Å². The van der Waals surface area contributed by atoms with Gasteiger partial charge in [-0.25, -0.2) is 4.39 Å². The van der Waals surface area contributed by atoms with Crippen molar-refractivity contribution >= 4 is 22.3 Å². The molecule has 1 aromatic heterocycles. The van der Waals surface area contributed by atoms with Crippen LogP contribution < -0.4 is 16.2 Å². The molecule has 136 valence electrons. The van der Waals surface area contributed by atoms with Crippen LogP contribution in [0.15, 0.2) is 47.3 Å². The van der Waals surface area contributed by atoms with Crippen molar-refractivity contribution in [1.29, 1.82) is 0 Å². The second-order valence-corrected chi connectivity index (χ2v) is 5.95. The quantitative estimate of drug-likeness (QED) is 0.547. The largest absolute Gasteiger partial charge is 0.417 e. The molecule has 0 bridgehead atoms. The third kappa shape index (κ3) is 3.35. The Bertz CT molecular complexity index is 1010. The predicted octanol–water partition coefficient (Wildman–Crippen LogP) is 3.90. The summed E-state index contributed by atoms with van der Waals surface area (Å²) < 4.78 is 52.5. The third-order valence-corrected chi connectivity index (χ3v) is 4.09. The van der Waals surface area contributed by atoms with Crippen LogP contribution in [0.25, 0.3) is 10.9 Å². The Kier molecular flexibility index (Phi) is 4.35. The Morgan fingerprint density at radius 3 is 2.38 bits per heavy atom. The molecule has 4 nitrogen and oxygen atoms in total. The molecule has 3 N–H and O–H groups in total. The van der Waals surface area contributed by atoms with Crippen LogP contribution in [0.5, 0.6) is 0 Å². The van der Waals surface area contributed by atoms with Gasteiger partial charge in [0.1, 0.15) is 5.82 Å². The van der Waals surface area contributed by atoms with E-state index >= 15 is 0 Å². The number of nitrogens with two attached hydrogens (primary N) is 1. The molecular formula is C18H15F4N3O. The highest BCUT2D eigenvalue weighted by atomic mass is 19.4. The predicted molar refractivity (Wildman–Crippen MR) is 92.5 cm³/mol. The number of aromatic amines is 1. The zero-order chi connectivity index (χ0) is 19.1. The number of hydrogen-bond acceptors (Lipinski definition) is 3. The summed E-state index contributed by atoms with van der Waals surface area (Å²) in [6.07, 6.45) is -4.67. The second-order valence-electron chi connectivity index (χ2n) is 5.95. The fourth-order valence-electron chi connectivity index (χ4n) is 2.85. The minimum absolute atomic E-state index is 0.0373. The van der Waals surface area contributed by atoms with E-state index < -0.39 is 17.3 Å². The number of hydrogen-bond donors (Lipinski definition) is 2. The Labute approximate surface area is 145 Å². The zero-order valence-corrected chi connectivity index (χ0v) is 13.7. The van der Waals surface area contributed by atoms with Crippen LogP contribution in [0.2, 0.25) is 0 Å². The molecule has 0 saturated heterocycles. The van der Waals surface area contributed by atoms with Crippen LogP contribution in [-0.4, -0.2) is 12.0 Å². The van der Waals surface area contributed by atoms with Crippen molar-refractivity contribution in [3.8, 4) is 0 Å². The van der Waals surface area contributed by atoms with Gasteiger partial charge in [-0.05, 0) is 23.8 Å². The first-order valence-corrected chi connectivity index (χ1v) is 7.65. The molecule has 0 radical (unpaired) electrons. The van der Waals surface area contributed by atoms with Gasteiger partial charge in [0.15, 0.2) is 0 Å². The van der Waals surface area contributed by atoms with Crippen LogP contribution in [0.4, 0.5) is 28.9 Å². The number of benzene rings is 2. The SMILES string of the molecule is CN(Cc1ccc(F)cc1)c1ccc2c(C(F)(F)F)cc(=O)[nH]c2c1N. The van der Waals surface area contributed by atoms with E-state index in [0.29, 0.717) is 18.3 Å². The fourth-order valence-corrected chi connectivity index (χ4v) is 2.85. The normalized spacial score (nSPS) is 11.7. The van der Waals surface area contributed by atoms with E-state index in [9.17, 15) is 22.4 Å². The number of anilines is 2. The van der Waals surface area contributed by atoms with Crippen molar-refractivity contribution in [2.24, 2.45) is 0 Å². The van der Waals surface area contributed by atoms with Gasteiger partial charge >= 0.3 is 6.18 Å². The average Bonchev–Trinajstić information content (AvgIpc) is 2.56. The van der Waals surface area contributed by atoms with Gasteiger partial charge in [0, 0.05) is 25.0 Å². The molecule has 3 rings (SSSR count). The van der Waals surface area contributed by atoms with Gasteiger partial charge in [0.2, 0.25) is 5.56 Å². The van der Waals surface area contributed by atoms with Gasteiger partial charge < -0.3 is 15.6 Å². The van der Waals surface area contributed by atoms with Gasteiger partial charge in [-0.3, -0.25) is 4.79 Å². The average molecular weight is 365 g/mol. The lowest BCUT2D eigenvalue weighted by atomic mass is 10.1. The molecule has 8 heteroatoms. The standard InChI is InChI=1S/C18H15F4N3O/c1-25(9-10-2-4-11(19)5-3-10)14-7-6-12-13(18(20,21)22)8-15(26)24-17(12)16(14)23/h2-8H,9,23H2,1H3,(H,24,26). The van der Waals surface area contributed by atoms with E-state index in [4.69, 9.17) is 5.73 Å². The molecule has 3 aromatic rings. The van der Waals surface area contributed by atoms with E-state index in [1.165, 1.54) is 24.3 Å². The lowest BCUT2D eigenvalue weighted by Gasteiger charge is -2.22. The molecule has 0 aliphatic heterocycles. The molecular weight excluding hydrogens is 350 g/mol. The maximum Gasteiger partial charge on any atom is 0.417 e. The molecule has 0 aliphatic rings. The number of rotatable bonds is 3. The van der Waals surface area contributed by atoms with E-state index in [1.807, 2.05) is 0 Å². The summed E-state index contributed by atoms with van der Waals surface area (Å²) in [6, 6.07) is 9.11.